The summed E-state index contributed by atoms with van der Waals surface area (Å²) in [5, 5.41) is 6.36. The summed E-state index contributed by atoms with van der Waals surface area (Å²) in [5.74, 6) is 2.23. The zero-order valence-electron chi connectivity index (χ0n) is 11.7. The van der Waals surface area contributed by atoms with Crippen LogP contribution in [0.4, 0.5) is 11.6 Å². The summed E-state index contributed by atoms with van der Waals surface area (Å²) in [4.78, 5) is 8.32. The van der Waals surface area contributed by atoms with Gasteiger partial charge in [-0.2, -0.15) is 0 Å². The van der Waals surface area contributed by atoms with Crippen LogP contribution in [0.25, 0.3) is 0 Å². The molecule has 0 aliphatic carbocycles. The van der Waals surface area contributed by atoms with Gasteiger partial charge in [0, 0.05) is 12.6 Å². The van der Waals surface area contributed by atoms with Crippen LogP contribution in [-0.4, -0.2) is 49.6 Å². The zero-order valence-corrected chi connectivity index (χ0v) is 12.5. The highest BCUT2D eigenvalue weighted by Gasteiger charge is 2.25. The van der Waals surface area contributed by atoms with Crippen molar-refractivity contribution in [2.75, 3.05) is 35.8 Å². The van der Waals surface area contributed by atoms with Crippen molar-refractivity contribution in [2.24, 2.45) is 0 Å². The molecule has 1 aromatic heterocycles. The normalized spacial score (nSPS) is 18.5. The van der Waals surface area contributed by atoms with Gasteiger partial charge in [0.1, 0.15) is 16.2 Å². The van der Waals surface area contributed by atoms with E-state index in [2.05, 4.69) is 20.6 Å². The molecule has 20 heavy (non-hydrogen) atoms. The molecular formula is C12H20N4O3S. The van der Waals surface area contributed by atoms with Crippen molar-refractivity contribution < 1.29 is 13.2 Å². The Morgan fingerprint density at radius 1 is 1.30 bits per heavy atom. The molecule has 8 heteroatoms. The Balaban J connectivity index is 2.11. The second-order valence-electron chi connectivity index (χ2n) is 4.70. The molecule has 2 N–H and O–H groups in total. The van der Waals surface area contributed by atoms with E-state index in [1.54, 1.807) is 7.11 Å². The summed E-state index contributed by atoms with van der Waals surface area (Å²) in [7, 11) is -1.29. The van der Waals surface area contributed by atoms with Crippen LogP contribution < -0.4 is 15.4 Å². The van der Waals surface area contributed by atoms with Gasteiger partial charge >= 0.3 is 0 Å². The SMILES string of the molecule is CCNc1ncnc(NC2CCS(=O)(=O)CC2)c1OC. The maximum atomic E-state index is 11.4. The number of nitrogens with zero attached hydrogens (tertiary/aromatic N) is 2. The molecular weight excluding hydrogens is 280 g/mol. The fourth-order valence-corrected chi connectivity index (χ4v) is 3.68. The number of ether oxygens (including phenoxy) is 1. The van der Waals surface area contributed by atoms with Crippen molar-refractivity contribution >= 4 is 21.5 Å². The number of anilines is 2. The van der Waals surface area contributed by atoms with Gasteiger partial charge in [0.25, 0.3) is 0 Å². The molecule has 0 atom stereocenters. The van der Waals surface area contributed by atoms with E-state index in [0.717, 1.165) is 6.54 Å². The largest absolute Gasteiger partial charge is 0.490 e. The average molecular weight is 300 g/mol. The molecule has 0 amide bonds. The number of sulfone groups is 1. The molecule has 2 rings (SSSR count). The van der Waals surface area contributed by atoms with E-state index in [0.29, 0.717) is 30.2 Å². The summed E-state index contributed by atoms with van der Waals surface area (Å²) in [6.45, 7) is 2.70. The van der Waals surface area contributed by atoms with Gasteiger partial charge in [-0.3, -0.25) is 0 Å². The Morgan fingerprint density at radius 3 is 2.55 bits per heavy atom. The van der Waals surface area contributed by atoms with Gasteiger partial charge in [0.05, 0.1) is 18.6 Å². The number of nitrogens with one attached hydrogen (secondary N) is 2. The summed E-state index contributed by atoms with van der Waals surface area (Å²) in [6, 6.07) is 0.0943. The first-order valence-electron chi connectivity index (χ1n) is 6.65. The highest BCUT2D eigenvalue weighted by atomic mass is 32.2. The third kappa shape index (κ3) is 3.50. The Morgan fingerprint density at radius 2 is 1.95 bits per heavy atom. The first-order chi connectivity index (χ1) is 9.55. The number of aromatic nitrogens is 2. The molecule has 0 bridgehead atoms. The summed E-state index contributed by atoms with van der Waals surface area (Å²) in [5.41, 5.74) is 0. The lowest BCUT2D eigenvalue weighted by Crippen LogP contribution is -2.32. The van der Waals surface area contributed by atoms with Crippen LogP contribution in [0.1, 0.15) is 19.8 Å². The summed E-state index contributed by atoms with van der Waals surface area (Å²) in [6.07, 6.45) is 2.64. The van der Waals surface area contributed by atoms with Gasteiger partial charge in [0.2, 0.25) is 5.75 Å². The minimum atomic E-state index is -2.86. The predicted octanol–water partition coefficient (Wildman–Crippen LogP) is 0.906. The van der Waals surface area contributed by atoms with Gasteiger partial charge in [-0.05, 0) is 19.8 Å². The third-order valence-electron chi connectivity index (χ3n) is 3.25. The van der Waals surface area contributed by atoms with E-state index in [1.807, 2.05) is 6.92 Å². The van der Waals surface area contributed by atoms with E-state index in [9.17, 15) is 8.42 Å². The molecule has 1 saturated heterocycles. The zero-order chi connectivity index (χ0) is 14.6. The smallest absolute Gasteiger partial charge is 0.204 e. The van der Waals surface area contributed by atoms with Crippen LogP contribution in [0, 0.1) is 0 Å². The van der Waals surface area contributed by atoms with Crippen molar-refractivity contribution in [1.82, 2.24) is 9.97 Å². The highest BCUT2D eigenvalue weighted by molar-refractivity contribution is 7.91. The Kier molecular flexibility index (Phi) is 4.64. The Hall–Kier alpha value is -1.57. The summed E-state index contributed by atoms with van der Waals surface area (Å²) < 4.78 is 28.2. The van der Waals surface area contributed by atoms with Gasteiger partial charge in [0.15, 0.2) is 11.6 Å². The quantitative estimate of drug-likeness (QED) is 0.834. The van der Waals surface area contributed by atoms with Gasteiger partial charge < -0.3 is 15.4 Å². The van der Waals surface area contributed by atoms with Crippen LogP contribution in [0.2, 0.25) is 0 Å². The standard InChI is InChI=1S/C12H20N4O3S/c1-3-13-11-10(19-2)12(15-8-14-11)16-9-4-6-20(17,18)7-5-9/h8-9H,3-7H2,1-2H3,(H2,13,14,15,16). The minimum absolute atomic E-state index is 0.0943. The second kappa shape index (κ2) is 6.25. The molecule has 0 aromatic carbocycles. The number of hydrogen-bond donors (Lipinski definition) is 2. The van der Waals surface area contributed by atoms with Crippen LogP contribution in [-0.2, 0) is 9.84 Å². The Bertz CT molecular complexity index is 548. The first-order valence-corrected chi connectivity index (χ1v) is 8.47. The summed E-state index contributed by atoms with van der Waals surface area (Å²) >= 11 is 0. The van der Waals surface area contributed by atoms with Gasteiger partial charge in [-0.25, -0.2) is 18.4 Å². The maximum Gasteiger partial charge on any atom is 0.204 e. The molecule has 1 aliphatic rings. The fraction of sp³-hybridized carbons (Fsp3) is 0.667. The maximum absolute atomic E-state index is 11.4. The van der Waals surface area contributed by atoms with E-state index in [4.69, 9.17) is 4.74 Å². The highest BCUT2D eigenvalue weighted by Crippen LogP contribution is 2.30. The first kappa shape index (κ1) is 14.8. The molecule has 2 heterocycles. The molecule has 0 spiro atoms. The van der Waals surface area contributed by atoms with Gasteiger partial charge in [-0.15, -0.1) is 0 Å². The van der Waals surface area contributed by atoms with E-state index in [1.165, 1.54) is 6.33 Å². The lowest BCUT2D eigenvalue weighted by atomic mass is 10.1. The van der Waals surface area contributed by atoms with Crippen molar-refractivity contribution in [3.63, 3.8) is 0 Å². The lowest BCUT2D eigenvalue weighted by molar-refractivity contribution is 0.413. The Labute approximate surface area is 119 Å². The molecule has 1 aromatic rings. The van der Waals surface area contributed by atoms with E-state index >= 15 is 0 Å². The van der Waals surface area contributed by atoms with Crippen LogP contribution >= 0.6 is 0 Å². The lowest BCUT2D eigenvalue weighted by Gasteiger charge is -2.24. The molecule has 1 aliphatic heterocycles. The van der Waals surface area contributed by atoms with Crippen LogP contribution in [0.15, 0.2) is 6.33 Å². The monoisotopic (exact) mass is 300 g/mol. The molecule has 0 saturated carbocycles. The number of methoxy groups -OCH3 is 1. The fourth-order valence-electron chi connectivity index (χ4n) is 2.19. The molecule has 0 radical (unpaired) electrons. The molecule has 7 nitrogen and oxygen atoms in total. The second-order valence-corrected chi connectivity index (χ2v) is 7.01. The van der Waals surface area contributed by atoms with Crippen molar-refractivity contribution in [1.29, 1.82) is 0 Å². The van der Waals surface area contributed by atoms with Gasteiger partial charge in [-0.1, -0.05) is 0 Å². The molecule has 1 fully saturated rings. The van der Waals surface area contributed by atoms with Crippen molar-refractivity contribution in [2.45, 2.75) is 25.8 Å². The van der Waals surface area contributed by atoms with E-state index in [-0.39, 0.29) is 17.5 Å². The predicted molar refractivity (Wildman–Crippen MR) is 78.0 cm³/mol. The minimum Gasteiger partial charge on any atom is -0.490 e. The number of hydrogen-bond acceptors (Lipinski definition) is 7. The average Bonchev–Trinajstić information content (AvgIpc) is 2.42. The third-order valence-corrected chi connectivity index (χ3v) is 4.96. The van der Waals surface area contributed by atoms with E-state index < -0.39 is 9.84 Å². The van der Waals surface area contributed by atoms with Crippen molar-refractivity contribution in [3.05, 3.63) is 6.33 Å². The number of rotatable bonds is 5. The van der Waals surface area contributed by atoms with Crippen molar-refractivity contribution in [3.8, 4) is 5.75 Å². The molecule has 112 valence electrons. The topological polar surface area (TPSA) is 93.2 Å². The molecule has 0 unspecified atom stereocenters. The van der Waals surface area contributed by atoms with Crippen LogP contribution in [0.5, 0.6) is 5.75 Å². The van der Waals surface area contributed by atoms with Crippen LogP contribution in [0.3, 0.4) is 0 Å².